The van der Waals surface area contributed by atoms with Crippen molar-refractivity contribution in [2.75, 3.05) is 13.2 Å². The highest BCUT2D eigenvalue weighted by Crippen LogP contribution is 2.32. The van der Waals surface area contributed by atoms with Crippen LogP contribution in [0.3, 0.4) is 0 Å². The number of carbonyl (C=O) groups is 1. The van der Waals surface area contributed by atoms with E-state index in [0.29, 0.717) is 34.6 Å². The zero-order chi connectivity index (χ0) is 17.2. The minimum Gasteiger partial charge on any atom is -0.380 e. The van der Waals surface area contributed by atoms with E-state index in [1.54, 1.807) is 6.07 Å². The molecule has 4 nitrogen and oxygen atoms in total. The van der Waals surface area contributed by atoms with Gasteiger partial charge in [0.05, 0.1) is 26.9 Å². The normalized spacial score (nSPS) is 13.0. The number of nitrogens with zero attached hydrogens (tertiary/aromatic N) is 2. The highest BCUT2D eigenvalue weighted by atomic mass is 35.5. The summed E-state index contributed by atoms with van der Waals surface area (Å²) in [7, 11) is 0. The molecule has 0 saturated carbocycles. The third kappa shape index (κ3) is 4.15. The van der Waals surface area contributed by atoms with Crippen LogP contribution < -0.4 is 4.80 Å². The molecule has 0 radical (unpaired) electrons. The molecule has 1 heterocycles. The standard InChI is InChI=1S/C16H20Cl2N2O2S/c1-5-22-9-8-20-13-11(7-6-10(17)12(13)18)23-15(20)19-14(21)16(2,3)4/h6-7H,5,8-9H2,1-4H3. The van der Waals surface area contributed by atoms with Crippen LogP contribution in [0.1, 0.15) is 27.7 Å². The summed E-state index contributed by atoms with van der Waals surface area (Å²) in [5, 5.41) is 0.956. The molecule has 0 aliphatic carbocycles. The van der Waals surface area contributed by atoms with Crippen molar-refractivity contribution < 1.29 is 9.53 Å². The second-order valence-electron chi connectivity index (χ2n) is 6.11. The smallest absolute Gasteiger partial charge is 0.253 e. The Kier molecular flexibility index (Phi) is 5.89. The Morgan fingerprint density at radius 3 is 2.65 bits per heavy atom. The molecule has 23 heavy (non-hydrogen) atoms. The van der Waals surface area contributed by atoms with E-state index < -0.39 is 5.41 Å². The molecule has 126 valence electrons. The molecule has 2 rings (SSSR count). The van der Waals surface area contributed by atoms with Crippen LogP contribution in [0.25, 0.3) is 10.2 Å². The lowest BCUT2D eigenvalue weighted by atomic mass is 9.96. The maximum Gasteiger partial charge on any atom is 0.253 e. The van der Waals surface area contributed by atoms with Gasteiger partial charge in [-0.1, -0.05) is 55.3 Å². The number of halogens is 2. The largest absolute Gasteiger partial charge is 0.380 e. The van der Waals surface area contributed by atoms with E-state index in [-0.39, 0.29) is 5.91 Å². The monoisotopic (exact) mass is 374 g/mol. The zero-order valence-corrected chi connectivity index (χ0v) is 16.0. The second-order valence-corrected chi connectivity index (χ2v) is 7.90. The van der Waals surface area contributed by atoms with Crippen LogP contribution >= 0.6 is 34.5 Å². The maximum atomic E-state index is 12.3. The summed E-state index contributed by atoms with van der Waals surface area (Å²) in [6, 6.07) is 3.65. The predicted molar refractivity (Wildman–Crippen MR) is 96.4 cm³/mol. The van der Waals surface area contributed by atoms with Gasteiger partial charge in [0.15, 0.2) is 4.80 Å². The first-order valence-electron chi connectivity index (χ1n) is 7.40. The van der Waals surface area contributed by atoms with Crippen molar-refractivity contribution in [2.24, 2.45) is 10.4 Å². The Hall–Kier alpha value is -0.880. The molecule has 0 saturated heterocycles. The van der Waals surface area contributed by atoms with Gasteiger partial charge in [-0.3, -0.25) is 4.79 Å². The molecular weight excluding hydrogens is 355 g/mol. The molecule has 7 heteroatoms. The summed E-state index contributed by atoms with van der Waals surface area (Å²) in [5.41, 5.74) is 0.263. The zero-order valence-electron chi connectivity index (χ0n) is 13.7. The number of fused-ring (bicyclic) bond motifs is 1. The fourth-order valence-corrected chi connectivity index (χ4v) is 3.49. The number of thiazole rings is 1. The molecule has 0 unspecified atom stereocenters. The van der Waals surface area contributed by atoms with Crippen molar-refractivity contribution in [3.63, 3.8) is 0 Å². The predicted octanol–water partition coefficient (Wildman–Crippen LogP) is 4.52. The molecule has 0 N–H and O–H groups in total. The Morgan fingerprint density at radius 2 is 2.04 bits per heavy atom. The van der Waals surface area contributed by atoms with Crippen molar-refractivity contribution >= 4 is 50.7 Å². The van der Waals surface area contributed by atoms with E-state index in [1.807, 2.05) is 38.3 Å². The SMILES string of the molecule is CCOCCn1c(=NC(=O)C(C)(C)C)sc2ccc(Cl)c(Cl)c21. The van der Waals surface area contributed by atoms with Gasteiger partial charge < -0.3 is 9.30 Å². The fraction of sp³-hybridized carbons (Fsp3) is 0.500. The van der Waals surface area contributed by atoms with Gasteiger partial charge in [-0.05, 0) is 19.1 Å². The van der Waals surface area contributed by atoms with Crippen molar-refractivity contribution in [1.82, 2.24) is 4.57 Å². The summed E-state index contributed by atoms with van der Waals surface area (Å²) >= 11 is 13.9. The average molecular weight is 375 g/mol. The molecule has 2 aromatic rings. The Balaban J connectivity index is 2.64. The molecule has 0 spiro atoms. The Labute approximate surface area is 149 Å². The Morgan fingerprint density at radius 1 is 1.35 bits per heavy atom. The minimum atomic E-state index is -0.532. The number of hydrogen-bond acceptors (Lipinski definition) is 3. The Bertz CT molecular complexity index is 788. The van der Waals surface area contributed by atoms with Crippen LogP contribution in [0.2, 0.25) is 10.0 Å². The van der Waals surface area contributed by atoms with Crippen LogP contribution in [-0.4, -0.2) is 23.7 Å². The van der Waals surface area contributed by atoms with E-state index in [4.69, 9.17) is 27.9 Å². The molecular formula is C16H20Cl2N2O2S. The fourth-order valence-electron chi connectivity index (χ4n) is 1.95. The number of ether oxygens (including phenoxy) is 1. The van der Waals surface area contributed by atoms with Gasteiger partial charge in [-0.15, -0.1) is 0 Å². The summed E-state index contributed by atoms with van der Waals surface area (Å²) in [5.74, 6) is -0.170. The quantitative estimate of drug-likeness (QED) is 0.738. The van der Waals surface area contributed by atoms with Crippen molar-refractivity contribution in [3.8, 4) is 0 Å². The van der Waals surface area contributed by atoms with Gasteiger partial charge in [0, 0.05) is 18.6 Å². The van der Waals surface area contributed by atoms with E-state index in [9.17, 15) is 4.79 Å². The van der Waals surface area contributed by atoms with Crippen molar-refractivity contribution in [1.29, 1.82) is 0 Å². The summed E-state index contributed by atoms with van der Waals surface area (Å²) in [6.45, 7) is 9.19. The van der Waals surface area contributed by atoms with Gasteiger partial charge in [0.25, 0.3) is 5.91 Å². The lowest BCUT2D eigenvalue weighted by Gasteiger charge is -2.12. The van der Waals surface area contributed by atoms with Crippen LogP contribution in [0, 0.1) is 5.41 Å². The van der Waals surface area contributed by atoms with Crippen LogP contribution in [0.4, 0.5) is 0 Å². The number of benzene rings is 1. The van der Waals surface area contributed by atoms with Gasteiger partial charge in [-0.2, -0.15) is 4.99 Å². The van der Waals surface area contributed by atoms with Crippen LogP contribution in [0.15, 0.2) is 17.1 Å². The third-order valence-electron chi connectivity index (χ3n) is 3.24. The van der Waals surface area contributed by atoms with E-state index >= 15 is 0 Å². The van der Waals surface area contributed by atoms with Gasteiger partial charge >= 0.3 is 0 Å². The van der Waals surface area contributed by atoms with Crippen molar-refractivity contribution in [3.05, 3.63) is 27.0 Å². The lowest BCUT2D eigenvalue weighted by molar-refractivity contribution is -0.125. The number of carbonyl (C=O) groups excluding carboxylic acids is 1. The molecule has 1 aromatic carbocycles. The van der Waals surface area contributed by atoms with E-state index in [0.717, 1.165) is 10.2 Å². The van der Waals surface area contributed by atoms with Crippen molar-refractivity contribution in [2.45, 2.75) is 34.2 Å². The first kappa shape index (κ1) is 18.5. The second kappa shape index (κ2) is 7.34. The van der Waals surface area contributed by atoms with E-state index in [1.165, 1.54) is 11.3 Å². The highest BCUT2D eigenvalue weighted by molar-refractivity contribution is 7.16. The third-order valence-corrected chi connectivity index (χ3v) is 5.07. The number of aromatic nitrogens is 1. The molecule has 0 aliphatic rings. The van der Waals surface area contributed by atoms with Gasteiger partial charge in [-0.25, -0.2) is 0 Å². The molecule has 0 aliphatic heterocycles. The number of hydrogen-bond donors (Lipinski definition) is 0. The number of rotatable bonds is 4. The van der Waals surface area contributed by atoms with Crippen LogP contribution in [0.5, 0.6) is 0 Å². The first-order chi connectivity index (χ1) is 10.8. The molecule has 1 aromatic heterocycles. The number of amides is 1. The summed E-state index contributed by atoms with van der Waals surface area (Å²) in [6.07, 6.45) is 0. The topological polar surface area (TPSA) is 43.6 Å². The van der Waals surface area contributed by atoms with E-state index in [2.05, 4.69) is 4.99 Å². The molecule has 0 atom stereocenters. The summed E-state index contributed by atoms with van der Waals surface area (Å²) < 4.78 is 8.29. The molecule has 0 fully saturated rings. The molecule has 0 bridgehead atoms. The minimum absolute atomic E-state index is 0.170. The highest BCUT2D eigenvalue weighted by Gasteiger charge is 2.21. The lowest BCUT2D eigenvalue weighted by Crippen LogP contribution is -2.24. The maximum absolute atomic E-state index is 12.3. The van der Waals surface area contributed by atoms with Gasteiger partial charge in [0.2, 0.25) is 0 Å². The van der Waals surface area contributed by atoms with Crippen LogP contribution in [-0.2, 0) is 16.1 Å². The average Bonchev–Trinajstić information content (AvgIpc) is 2.81. The first-order valence-corrected chi connectivity index (χ1v) is 8.97. The summed E-state index contributed by atoms with van der Waals surface area (Å²) in [4.78, 5) is 17.2. The van der Waals surface area contributed by atoms with Gasteiger partial charge in [0.1, 0.15) is 0 Å². The molecule has 1 amide bonds.